The van der Waals surface area contributed by atoms with Gasteiger partial charge in [0.15, 0.2) is 0 Å². The van der Waals surface area contributed by atoms with E-state index in [2.05, 4.69) is 58.8 Å². The summed E-state index contributed by atoms with van der Waals surface area (Å²) in [7, 11) is -2.97. The van der Waals surface area contributed by atoms with Crippen molar-refractivity contribution in [3.8, 4) is 17.1 Å². The van der Waals surface area contributed by atoms with Gasteiger partial charge in [-0.15, -0.1) is 0 Å². The second kappa shape index (κ2) is 12.0. The quantitative estimate of drug-likeness (QED) is 0.187. The Morgan fingerprint density at radius 1 is 0.947 bits per heavy atom. The molecule has 8 heteroatoms. The fourth-order valence-electron chi connectivity index (χ4n) is 3.99. The number of rotatable bonds is 11. The van der Waals surface area contributed by atoms with Gasteiger partial charge in [0, 0.05) is 6.26 Å². The monoisotopic (exact) mass is 587 g/mol. The minimum atomic E-state index is -2.97. The van der Waals surface area contributed by atoms with E-state index >= 15 is 0 Å². The maximum absolute atomic E-state index is 11.3. The van der Waals surface area contributed by atoms with Crippen LogP contribution in [0.1, 0.15) is 11.1 Å². The molecule has 193 valence electrons. The van der Waals surface area contributed by atoms with Crippen LogP contribution in [0.3, 0.4) is 0 Å². The molecule has 0 saturated heterocycles. The molecule has 2 aromatic heterocycles. The molecular weight excluding hydrogens is 559 g/mol. The first kappa shape index (κ1) is 26.2. The zero-order chi connectivity index (χ0) is 26.4. The van der Waals surface area contributed by atoms with Crippen LogP contribution in [0.2, 0.25) is 0 Å². The van der Waals surface area contributed by atoms with Gasteiger partial charge >= 0.3 is 206 Å². The molecular formula is C30H28AsN2O4S. The Labute approximate surface area is 229 Å². The van der Waals surface area contributed by atoms with E-state index < -0.39 is 9.84 Å². The van der Waals surface area contributed by atoms with Crippen molar-refractivity contribution in [2.75, 3.05) is 18.6 Å². The van der Waals surface area contributed by atoms with E-state index in [0.717, 1.165) is 39.1 Å². The third-order valence-electron chi connectivity index (χ3n) is 5.97. The van der Waals surface area contributed by atoms with Gasteiger partial charge in [0.05, 0.1) is 0 Å². The number of furan rings is 1. The number of hydrogen-bond acceptors (Lipinski definition) is 6. The van der Waals surface area contributed by atoms with E-state index in [0.29, 0.717) is 19.7 Å². The molecule has 0 unspecified atom stereocenters. The Bertz CT molecular complexity index is 1620. The van der Waals surface area contributed by atoms with E-state index in [1.54, 1.807) is 6.26 Å². The van der Waals surface area contributed by atoms with Gasteiger partial charge in [0.25, 0.3) is 0 Å². The Morgan fingerprint density at radius 3 is 2.55 bits per heavy atom. The van der Waals surface area contributed by atoms with E-state index in [9.17, 15) is 8.42 Å². The molecule has 0 atom stereocenters. The van der Waals surface area contributed by atoms with Crippen molar-refractivity contribution in [2.45, 2.75) is 13.2 Å². The maximum atomic E-state index is 11.3. The Kier molecular flexibility index (Phi) is 8.28. The first-order chi connectivity index (χ1) is 18.4. The van der Waals surface area contributed by atoms with Crippen molar-refractivity contribution in [3.63, 3.8) is 0 Å². The summed E-state index contributed by atoms with van der Waals surface area (Å²) in [5, 5.41) is 4.29. The fraction of sp³-hybridized carbons (Fsp3) is 0.167. The van der Waals surface area contributed by atoms with Crippen molar-refractivity contribution < 1.29 is 17.6 Å². The van der Waals surface area contributed by atoms with Crippen molar-refractivity contribution in [1.82, 2.24) is 10.3 Å². The molecule has 1 radical (unpaired) electrons. The van der Waals surface area contributed by atoms with E-state index in [1.807, 2.05) is 42.6 Å². The van der Waals surface area contributed by atoms with E-state index in [1.165, 1.54) is 15.0 Å². The Morgan fingerprint density at radius 2 is 1.76 bits per heavy atom. The number of aromatic nitrogens is 1. The van der Waals surface area contributed by atoms with Crippen LogP contribution in [0.4, 0.5) is 0 Å². The molecule has 0 fully saturated rings. The van der Waals surface area contributed by atoms with E-state index in [-0.39, 0.29) is 21.5 Å². The summed E-state index contributed by atoms with van der Waals surface area (Å²) < 4.78 is 36.9. The summed E-state index contributed by atoms with van der Waals surface area (Å²) >= 11 is -0.215. The predicted molar refractivity (Wildman–Crippen MR) is 153 cm³/mol. The van der Waals surface area contributed by atoms with Crippen LogP contribution in [0, 0.1) is 0 Å². The molecule has 3 aromatic carbocycles. The summed E-state index contributed by atoms with van der Waals surface area (Å²) in [5.74, 6) is 1.75. The summed E-state index contributed by atoms with van der Waals surface area (Å²) in [6.45, 7) is 1.52. The number of fused-ring (bicyclic) bond motifs is 1. The van der Waals surface area contributed by atoms with Gasteiger partial charge in [-0.05, 0) is 0 Å². The summed E-state index contributed by atoms with van der Waals surface area (Å²) in [5.41, 5.74) is 4.01. The zero-order valence-electron chi connectivity index (χ0n) is 21.0. The average molecular weight is 588 g/mol. The van der Waals surface area contributed by atoms with Crippen LogP contribution in [0.15, 0.2) is 102 Å². The van der Waals surface area contributed by atoms with Crippen LogP contribution >= 0.6 is 0 Å². The predicted octanol–water partition coefficient (Wildman–Crippen LogP) is 3.86. The van der Waals surface area contributed by atoms with Crippen LogP contribution in [-0.4, -0.2) is 47.7 Å². The number of sulfone groups is 1. The molecule has 0 amide bonds. The molecule has 0 aliphatic heterocycles. The van der Waals surface area contributed by atoms with Crippen molar-refractivity contribution >= 4 is 45.2 Å². The van der Waals surface area contributed by atoms with Crippen LogP contribution < -0.4 is 18.8 Å². The number of ether oxygens (including phenoxy) is 1. The topological polar surface area (TPSA) is 81.4 Å². The van der Waals surface area contributed by atoms with Crippen molar-refractivity contribution in [2.24, 2.45) is 0 Å². The second-order valence-electron chi connectivity index (χ2n) is 9.07. The molecule has 1 N–H and O–H groups in total. The van der Waals surface area contributed by atoms with Gasteiger partial charge in [-0.1, -0.05) is 0 Å². The van der Waals surface area contributed by atoms with Gasteiger partial charge < -0.3 is 0 Å². The zero-order valence-corrected chi connectivity index (χ0v) is 23.7. The van der Waals surface area contributed by atoms with Gasteiger partial charge in [-0.3, -0.25) is 0 Å². The van der Waals surface area contributed by atoms with Gasteiger partial charge in [0.2, 0.25) is 0 Å². The van der Waals surface area contributed by atoms with Crippen molar-refractivity contribution in [3.05, 3.63) is 109 Å². The molecule has 0 aliphatic rings. The molecule has 5 aromatic rings. The summed E-state index contributed by atoms with van der Waals surface area (Å²) in [6, 6.07) is 28.9. The third kappa shape index (κ3) is 7.13. The first-order valence-electron chi connectivity index (χ1n) is 12.3. The molecule has 38 heavy (non-hydrogen) atoms. The van der Waals surface area contributed by atoms with Crippen LogP contribution in [0.5, 0.6) is 5.75 Å². The Balaban J connectivity index is 1.23. The molecule has 5 rings (SSSR count). The van der Waals surface area contributed by atoms with E-state index in [4.69, 9.17) is 9.15 Å². The number of hydrogen-bond donors (Lipinski definition) is 1. The minimum absolute atomic E-state index is 0.116. The fourth-order valence-corrected chi connectivity index (χ4v) is 6.66. The molecule has 0 bridgehead atoms. The van der Waals surface area contributed by atoms with Gasteiger partial charge in [0.1, 0.15) is 9.84 Å². The number of nitrogens with one attached hydrogen (secondary N) is 1. The van der Waals surface area contributed by atoms with Crippen LogP contribution in [-0.2, 0) is 23.0 Å². The molecule has 0 spiro atoms. The van der Waals surface area contributed by atoms with Gasteiger partial charge in [-0.2, -0.15) is 0 Å². The van der Waals surface area contributed by atoms with Crippen molar-refractivity contribution in [1.29, 1.82) is 0 Å². The normalized spacial score (nSPS) is 11.9. The third-order valence-corrected chi connectivity index (χ3v) is 9.41. The molecule has 0 aliphatic carbocycles. The average Bonchev–Trinajstić information content (AvgIpc) is 3.40. The Hall–Kier alpha value is -3.38. The number of nitrogens with zero attached hydrogens (tertiary/aromatic N) is 1. The second-order valence-corrected chi connectivity index (χ2v) is 13.9. The molecule has 2 heterocycles. The van der Waals surface area contributed by atoms with Crippen LogP contribution in [0.25, 0.3) is 22.2 Å². The molecule has 6 nitrogen and oxygen atoms in total. The SMILES string of the molecule is CS(=O)(=O)CCNCc1coc(-c2ccc3c([As]c4ccc(OCc5ccccc5)cc4)ccnc3c2)c1. The molecule has 0 saturated carbocycles. The van der Waals surface area contributed by atoms with Gasteiger partial charge in [-0.25, -0.2) is 8.42 Å². The number of benzene rings is 3. The summed E-state index contributed by atoms with van der Waals surface area (Å²) in [4.78, 5) is 4.61. The summed E-state index contributed by atoms with van der Waals surface area (Å²) in [6.07, 6.45) is 4.81. The number of pyridine rings is 1. The first-order valence-corrected chi connectivity index (χ1v) is 16.2. The standard InChI is InChI=1S/C30H28AsN2O4S/c1-38(34,35)16-15-32-19-23-17-30(37-21-23)24-7-12-27-28(13-14-33-29(27)18-24)31-25-8-10-26(11-9-25)36-20-22-5-3-2-4-6-22/h2-14,17-18,21,32H,15-16,19-20H2,1H3.